The molecule has 0 fully saturated rings. The van der Waals surface area contributed by atoms with Crippen LogP contribution in [0.15, 0.2) is 18.7 Å². The molecular weight excluding hydrogens is 200 g/mol. The Morgan fingerprint density at radius 2 is 1.86 bits per heavy atom. The summed E-state index contributed by atoms with van der Waals surface area (Å²) in [5, 5.41) is 0. The third-order valence-electron chi connectivity index (χ3n) is 2.17. The molecule has 0 bridgehead atoms. The van der Waals surface area contributed by atoms with Gasteiger partial charge in [-0.15, -0.1) is 0 Å². The second-order valence-corrected chi connectivity index (χ2v) is 5.94. The van der Waals surface area contributed by atoms with Crippen molar-refractivity contribution in [3.63, 3.8) is 0 Å². The molecule has 0 saturated heterocycles. The molecule has 1 rings (SSSR count). The zero-order valence-electron chi connectivity index (χ0n) is 8.77. The van der Waals surface area contributed by atoms with Crippen molar-refractivity contribution < 1.29 is 13.3 Å². The standard InChI is InChI=1S/C8H16N2O3Si/c1-11-14(12-2,13-3)7-6-10-5-4-9-8-10/h4-5,8H,6-7H2,1-3H3. The van der Waals surface area contributed by atoms with E-state index in [-0.39, 0.29) is 0 Å². The van der Waals surface area contributed by atoms with Crippen LogP contribution in [-0.4, -0.2) is 39.7 Å². The van der Waals surface area contributed by atoms with Crippen LogP contribution in [0.5, 0.6) is 0 Å². The summed E-state index contributed by atoms with van der Waals surface area (Å²) < 4.78 is 17.9. The molecule has 0 amide bonds. The van der Waals surface area contributed by atoms with Crippen molar-refractivity contribution in [3.8, 4) is 0 Å². The minimum absolute atomic E-state index is 0.743. The van der Waals surface area contributed by atoms with E-state index in [0.717, 1.165) is 12.6 Å². The summed E-state index contributed by atoms with van der Waals surface area (Å²) in [4.78, 5) is 3.96. The second kappa shape index (κ2) is 5.25. The van der Waals surface area contributed by atoms with Gasteiger partial charge < -0.3 is 17.8 Å². The van der Waals surface area contributed by atoms with Gasteiger partial charge in [-0.25, -0.2) is 4.98 Å². The highest BCUT2D eigenvalue weighted by molar-refractivity contribution is 6.60. The lowest BCUT2D eigenvalue weighted by molar-refractivity contribution is 0.122. The van der Waals surface area contributed by atoms with E-state index in [2.05, 4.69) is 4.98 Å². The number of aromatic nitrogens is 2. The van der Waals surface area contributed by atoms with Gasteiger partial charge in [0.15, 0.2) is 0 Å². The Morgan fingerprint density at radius 1 is 1.21 bits per heavy atom. The van der Waals surface area contributed by atoms with Crippen LogP contribution >= 0.6 is 0 Å². The maximum absolute atomic E-state index is 5.30. The molecule has 80 valence electrons. The van der Waals surface area contributed by atoms with Crippen molar-refractivity contribution >= 4 is 8.80 Å². The van der Waals surface area contributed by atoms with Gasteiger partial charge in [-0.05, 0) is 0 Å². The van der Waals surface area contributed by atoms with E-state index in [0.29, 0.717) is 0 Å². The Morgan fingerprint density at radius 3 is 2.29 bits per heavy atom. The quantitative estimate of drug-likeness (QED) is 0.659. The molecule has 14 heavy (non-hydrogen) atoms. The molecule has 0 aliphatic rings. The molecule has 1 aromatic rings. The predicted octanol–water partition coefficient (Wildman–Crippen LogP) is 0.761. The maximum Gasteiger partial charge on any atom is 0.501 e. The van der Waals surface area contributed by atoms with Crippen molar-refractivity contribution in [1.29, 1.82) is 0 Å². The highest BCUT2D eigenvalue weighted by Crippen LogP contribution is 2.13. The highest BCUT2D eigenvalue weighted by atomic mass is 28.4. The van der Waals surface area contributed by atoms with Crippen molar-refractivity contribution in [2.24, 2.45) is 0 Å². The van der Waals surface area contributed by atoms with Crippen molar-refractivity contribution in [3.05, 3.63) is 18.7 Å². The SMILES string of the molecule is CO[Si](CCn1ccnc1)(OC)OC. The summed E-state index contributed by atoms with van der Waals surface area (Å²) in [6.45, 7) is 0.793. The lowest BCUT2D eigenvalue weighted by Crippen LogP contribution is -2.43. The minimum atomic E-state index is -2.42. The molecule has 0 unspecified atom stereocenters. The van der Waals surface area contributed by atoms with Gasteiger partial charge in [0.05, 0.1) is 6.33 Å². The van der Waals surface area contributed by atoms with Gasteiger partial charge in [0, 0.05) is 46.3 Å². The average molecular weight is 216 g/mol. The van der Waals surface area contributed by atoms with E-state index in [9.17, 15) is 0 Å². The van der Waals surface area contributed by atoms with E-state index in [1.807, 2.05) is 10.8 Å². The van der Waals surface area contributed by atoms with E-state index >= 15 is 0 Å². The summed E-state index contributed by atoms with van der Waals surface area (Å²) in [6.07, 6.45) is 5.41. The van der Waals surface area contributed by atoms with Gasteiger partial charge >= 0.3 is 8.80 Å². The normalized spacial score (nSPS) is 11.9. The number of nitrogens with zero attached hydrogens (tertiary/aromatic N) is 2. The number of hydrogen-bond donors (Lipinski definition) is 0. The topological polar surface area (TPSA) is 45.5 Å². The minimum Gasteiger partial charge on any atom is -0.377 e. The fourth-order valence-corrected chi connectivity index (χ4v) is 2.89. The van der Waals surface area contributed by atoms with Crippen LogP contribution in [0.3, 0.4) is 0 Å². The van der Waals surface area contributed by atoms with Crippen LogP contribution in [0.1, 0.15) is 0 Å². The smallest absolute Gasteiger partial charge is 0.377 e. The fraction of sp³-hybridized carbons (Fsp3) is 0.625. The first kappa shape index (κ1) is 11.4. The van der Waals surface area contributed by atoms with Crippen LogP contribution in [0.4, 0.5) is 0 Å². The van der Waals surface area contributed by atoms with E-state index in [1.165, 1.54) is 0 Å². The fourth-order valence-electron chi connectivity index (χ4n) is 1.24. The lowest BCUT2D eigenvalue weighted by Gasteiger charge is -2.24. The zero-order chi connectivity index (χ0) is 10.4. The summed E-state index contributed by atoms with van der Waals surface area (Å²) in [6, 6.07) is 0.743. The van der Waals surface area contributed by atoms with Gasteiger partial charge in [-0.2, -0.15) is 0 Å². The van der Waals surface area contributed by atoms with Crippen molar-refractivity contribution in [1.82, 2.24) is 9.55 Å². The van der Waals surface area contributed by atoms with Crippen LogP contribution in [0.25, 0.3) is 0 Å². The van der Waals surface area contributed by atoms with E-state index in [1.54, 1.807) is 33.9 Å². The summed E-state index contributed by atoms with van der Waals surface area (Å²) in [5.74, 6) is 0. The molecule has 0 atom stereocenters. The Hall–Kier alpha value is -0.693. The van der Waals surface area contributed by atoms with Crippen molar-refractivity contribution in [2.45, 2.75) is 12.6 Å². The average Bonchev–Trinajstić information content (AvgIpc) is 2.74. The third-order valence-corrected chi connectivity index (χ3v) is 4.87. The van der Waals surface area contributed by atoms with Gasteiger partial charge in [-0.3, -0.25) is 0 Å². The van der Waals surface area contributed by atoms with Crippen LogP contribution < -0.4 is 0 Å². The molecule has 0 spiro atoms. The molecule has 1 heterocycles. The van der Waals surface area contributed by atoms with Crippen molar-refractivity contribution in [2.75, 3.05) is 21.3 Å². The predicted molar refractivity (Wildman–Crippen MR) is 53.8 cm³/mol. The first-order valence-electron chi connectivity index (χ1n) is 4.37. The Bertz CT molecular complexity index is 241. The van der Waals surface area contributed by atoms with Gasteiger partial charge in [0.25, 0.3) is 0 Å². The first-order chi connectivity index (χ1) is 6.76. The first-order valence-corrected chi connectivity index (χ1v) is 6.30. The lowest BCUT2D eigenvalue weighted by atomic mass is 10.7. The summed E-state index contributed by atoms with van der Waals surface area (Å²) >= 11 is 0. The number of rotatable bonds is 6. The van der Waals surface area contributed by atoms with Crippen LogP contribution in [-0.2, 0) is 19.8 Å². The number of hydrogen-bond acceptors (Lipinski definition) is 4. The Labute approximate surface area is 85.0 Å². The van der Waals surface area contributed by atoms with Gasteiger partial charge in [-0.1, -0.05) is 0 Å². The zero-order valence-corrected chi connectivity index (χ0v) is 9.77. The monoisotopic (exact) mass is 216 g/mol. The van der Waals surface area contributed by atoms with Gasteiger partial charge in [0.2, 0.25) is 0 Å². The number of aryl methyl sites for hydroxylation is 1. The summed E-state index contributed by atoms with van der Waals surface area (Å²) in [7, 11) is 2.43. The van der Waals surface area contributed by atoms with Crippen LogP contribution in [0.2, 0.25) is 6.04 Å². The van der Waals surface area contributed by atoms with E-state index in [4.69, 9.17) is 13.3 Å². The third kappa shape index (κ3) is 2.65. The Balaban J connectivity index is 2.48. The molecule has 5 nitrogen and oxygen atoms in total. The second-order valence-electron chi connectivity index (χ2n) is 2.85. The Kier molecular flexibility index (Phi) is 4.27. The van der Waals surface area contributed by atoms with E-state index < -0.39 is 8.80 Å². The molecule has 0 aromatic carbocycles. The van der Waals surface area contributed by atoms with Crippen LogP contribution in [0, 0.1) is 0 Å². The molecule has 0 saturated carbocycles. The molecule has 0 N–H and O–H groups in total. The van der Waals surface area contributed by atoms with Gasteiger partial charge in [0.1, 0.15) is 0 Å². The molecule has 1 aromatic heterocycles. The maximum atomic E-state index is 5.30. The molecule has 6 heteroatoms. The highest BCUT2D eigenvalue weighted by Gasteiger charge is 2.37. The summed E-state index contributed by atoms with van der Waals surface area (Å²) in [5.41, 5.74) is 0. The molecule has 0 aliphatic heterocycles. The molecular formula is C8H16N2O3Si. The number of imidazole rings is 1. The largest absolute Gasteiger partial charge is 0.501 e. The molecule has 0 aliphatic carbocycles. The molecule has 0 radical (unpaired) electrons.